The third-order valence-corrected chi connectivity index (χ3v) is 2.42. The minimum absolute atomic E-state index is 0.0855. The Morgan fingerprint density at radius 1 is 1.57 bits per heavy atom. The van der Waals surface area contributed by atoms with Crippen molar-refractivity contribution >= 4 is 17.4 Å². The fourth-order valence-corrected chi connectivity index (χ4v) is 1.51. The van der Waals surface area contributed by atoms with Crippen molar-refractivity contribution in [3.8, 4) is 0 Å². The first-order chi connectivity index (χ1) is 6.63. The molecule has 2 unspecified atom stereocenters. The quantitative estimate of drug-likeness (QED) is 0.782. The van der Waals surface area contributed by atoms with E-state index in [9.17, 15) is 0 Å². The molecule has 0 aliphatic carbocycles. The second kappa shape index (κ2) is 5.15. The number of hydrogen-bond acceptors (Lipinski definition) is 3. The highest BCUT2D eigenvalue weighted by atomic mass is 35.5. The normalized spacial score (nSPS) is 14.9. The highest BCUT2D eigenvalue weighted by Crippen LogP contribution is 2.12. The van der Waals surface area contributed by atoms with E-state index in [0.29, 0.717) is 0 Å². The van der Waals surface area contributed by atoms with Gasteiger partial charge in [-0.1, -0.05) is 6.92 Å². The van der Waals surface area contributed by atoms with E-state index in [1.807, 2.05) is 19.9 Å². The van der Waals surface area contributed by atoms with Gasteiger partial charge >= 0.3 is 0 Å². The van der Waals surface area contributed by atoms with Gasteiger partial charge in [0.2, 0.25) is 0 Å². The lowest BCUT2D eigenvalue weighted by Crippen LogP contribution is -2.27. The van der Waals surface area contributed by atoms with Crippen molar-refractivity contribution in [2.75, 3.05) is 5.32 Å². The van der Waals surface area contributed by atoms with Crippen LogP contribution in [0, 0.1) is 6.92 Å². The minimum Gasteiger partial charge on any atom is -0.364 e. The van der Waals surface area contributed by atoms with E-state index in [2.05, 4.69) is 22.4 Å². The largest absolute Gasteiger partial charge is 0.364 e. The van der Waals surface area contributed by atoms with E-state index in [1.54, 1.807) is 6.20 Å². The number of alkyl halides is 1. The zero-order valence-corrected chi connectivity index (χ0v) is 9.54. The molecule has 0 spiro atoms. The van der Waals surface area contributed by atoms with Gasteiger partial charge in [-0.3, -0.25) is 0 Å². The Morgan fingerprint density at radius 3 is 2.79 bits per heavy atom. The van der Waals surface area contributed by atoms with Crippen molar-refractivity contribution in [2.45, 2.75) is 38.6 Å². The van der Waals surface area contributed by atoms with E-state index in [1.165, 1.54) is 0 Å². The molecule has 0 saturated carbocycles. The summed E-state index contributed by atoms with van der Waals surface area (Å²) in [6, 6.07) is 2.21. The molecular formula is C10H16ClN3. The van der Waals surface area contributed by atoms with Crippen LogP contribution in [0.1, 0.15) is 25.8 Å². The summed E-state index contributed by atoms with van der Waals surface area (Å²) >= 11 is 6.02. The number of halogens is 1. The predicted octanol–water partition coefficient (Wildman–Crippen LogP) is 2.60. The van der Waals surface area contributed by atoms with Crippen LogP contribution in [0.5, 0.6) is 0 Å². The first kappa shape index (κ1) is 11.2. The summed E-state index contributed by atoms with van der Waals surface area (Å²) in [4.78, 5) is 0. The van der Waals surface area contributed by atoms with Crippen LogP contribution in [0.4, 0.5) is 5.82 Å². The minimum atomic E-state index is 0.0855. The molecule has 0 saturated heterocycles. The second-order valence-corrected chi connectivity index (χ2v) is 4.14. The molecule has 3 nitrogen and oxygen atoms in total. The average Bonchev–Trinajstić information content (AvgIpc) is 2.14. The topological polar surface area (TPSA) is 37.8 Å². The smallest absolute Gasteiger partial charge is 0.149 e. The third-order valence-electron chi connectivity index (χ3n) is 2.12. The third kappa shape index (κ3) is 3.14. The fourth-order valence-electron chi connectivity index (χ4n) is 1.27. The van der Waals surface area contributed by atoms with Crippen molar-refractivity contribution in [3.05, 3.63) is 17.8 Å². The maximum Gasteiger partial charge on any atom is 0.149 e. The van der Waals surface area contributed by atoms with E-state index in [-0.39, 0.29) is 11.4 Å². The molecule has 0 bridgehead atoms. The van der Waals surface area contributed by atoms with Gasteiger partial charge in [0.05, 0.1) is 11.6 Å². The molecule has 1 rings (SSSR count). The molecule has 78 valence electrons. The number of nitrogens with one attached hydrogen (secondary N) is 1. The fraction of sp³-hybridized carbons (Fsp3) is 0.600. The van der Waals surface area contributed by atoms with Gasteiger partial charge < -0.3 is 5.32 Å². The van der Waals surface area contributed by atoms with Crippen LogP contribution in [0.3, 0.4) is 0 Å². The SMILES string of the molecule is CCC(Nc1cc(C)cnn1)C(C)Cl. The number of aromatic nitrogens is 2. The van der Waals surface area contributed by atoms with Crippen LogP contribution in [0.2, 0.25) is 0 Å². The van der Waals surface area contributed by atoms with E-state index in [4.69, 9.17) is 11.6 Å². The Labute approximate surface area is 89.9 Å². The Kier molecular flexibility index (Phi) is 4.14. The Balaban J connectivity index is 2.67. The van der Waals surface area contributed by atoms with Gasteiger partial charge in [-0.05, 0) is 31.9 Å². The van der Waals surface area contributed by atoms with Gasteiger partial charge in [-0.2, -0.15) is 5.10 Å². The number of anilines is 1. The molecule has 0 amide bonds. The van der Waals surface area contributed by atoms with Crippen LogP contribution >= 0.6 is 11.6 Å². The molecule has 14 heavy (non-hydrogen) atoms. The summed E-state index contributed by atoms with van der Waals surface area (Å²) in [5, 5.41) is 11.2. The summed E-state index contributed by atoms with van der Waals surface area (Å²) < 4.78 is 0. The molecule has 0 radical (unpaired) electrons. The van der Waals surface area contributed by atoms with Gasteiger partial charge in [0, 0.05) is 6.04 Å². The summed E-state index contributed by atoms with van der Waals surface area (Å²) in [6.07, 6.45) is 2.70. The molecule has 1 aromatic rings. The zero-order chi connectivity index (χ0) is 10.6. The molecule has 4 heteroatoms. The molecule has 0 aliphatic rings. The number of rotatable bonds is 4. The standard InChI is InChI=1S/C10H16ClN3/c1-4-9(8(3)11)13-10-5-7(2)6-12-14-10/h5-6,8-9H,4H2,1-3H3,(H,13,14). The average molecular weight is 214 g/mol. The zero-order valence-electron chi connectivity index (χ0n) is 8.79. The maximum atomic E-state index is 6.02. The van der Waals surface area contributed by atoms with Gasteiger partial charge in [0.25, 0.3) is 0 Å². The number of hydrogen-bond donors (Lipinski definition) is 1. The van der Waals surface area contributed by atoms with Crippen LogP contribution in [-0.4, -0.2) is 21.6 Å². The van der Waals surface area contributed by atoms with Crippen molar-refractivity contribution in [1.29, 1.82) is 0 Å². The molecule has 0 aliphatic heterocycles. The molecular weight excluding hydrogens is 198 g/mol. The first-order valence-electron chi connectivity index (χ1n) is 4.83. The van der Waals surface area contributed by atoms with Crippen molar-refractivity contribution in [3.63, 3.8) is 0 Å². The Morgan fingerprint density at radius 2 is 2.29 bits per heavy atom. The van der Waals surface area contributed by atoms with Gasteiger partial charge in [-0.15, -0.1) is 16.7 Å². The molecule has 1 aromatic heterocycles. The van der Waals surface area contributed by atoms with E-state index < -0.39 is 0 Å². The number of nitrogens with zero attached hydrogens (tertiary/aromatic N) is 2. The Bertz CT molecular complexity index is 288. The van der Waals surface area contributed by atoms with Gasteiger partial charge in [0.15, 0.2) is 0 Å². The van der Waals surface area contributed by atoms with Crippen LogP contribution < -0.4 is 5.32 Å². The molecule has 2 atom stereocenters. The predicted molar refractivity (Wildman–Crippen MR) is 59.8 cm³/mol. The summed E-state index contributed by atoms with van der Waals surface area (Å²) in [5.74, 6) is 0.796. The molecule has 0 aromatic carbocycles. The van der Waals surface area contributed by atoms with E-state index >= 15 is 0 Å². The number of aryl methyl sites for hydroxylation is 1. The summed E-state index contributed by atoms with van der Waals surface area (Å²) in [6.45, 7) is 6.07. The maximum absolute atomic E-state index is 6.02. The van der Waals surface area contributed by atoms with E-state index in [0.717, 1.165) is 17.8 Å². The van der Waals surface area contributed by atoms with Crippen molar-refractivity contribution < 1.29 is 0 Å². The van der Waals surface area contributed by atoms with Gasteiger partial charge in [-0.25, -0.2) is 0 Å². The highest BCUT2D eigenvalue weighted by molar-refractivity contribution is 6.21. The monoisotopic (exact) mass is 213 g/mol. The van der Waals surface area contributed by atoms with Crippen molar-refractivity contribution in [1.82, 2.24) is 10.2 Å². The molecule has 0 fully saturated rings. The second-order valence-electron chi connectivity index (χ2n) is 3.45. The van der Waals surface area contributed by atoms with Crippen LogP contribution in [0.25, 0.3) is 0 Å². The molecule has 1 N–H and O–H groups in total. The lowest BCUT2D eigenvalue weighted by atomic mass is 10.1. The lowest BCUT2D eigenvalue weighted by Gasteiger charge is -2.19. The van der Waals surface area contributed by atoms with Crippen LogP contribution in [-0.2, 0) is 0 Å². The summed E-state index contributed by atoms with van der Waals surface area (Å²) in [7, 11) is 0. The highest BCUT2D eigenvalue weighted by Gasteiger charge is 2.12. The van der Waals surface area contributed by atoms with Crippen molar-refractivity contribution in [2.24, 2.45) is 0 Å². The Hall–Kier alpha value is -0.830. The lowest BCUT2D eigenvalue weighted by molar-refractivity contribution is 0.673. The summed E-state index contributed by atoms with van der Waals surface area (Å²) in [5.41, 5.74) is 1.10. The first-order valence-corrected chi connectivity index (χ1v) is 5.27. The molecule has 1 heterocycles. The van der Waals surface area contributed by atoms with Crippen LogP contribution in [0.15, 0.2) is 12.3 Å². The van der Waals surface area contributed by atoms with Gasteiger partial charge in [0.1, 0.15) is 5.82 Å².